The predicted molar refractivity (Wildman–Crippen MR) is 86.7 cm³/mol. The molecule has 1 N–H and O–H groups in total. The van der Waals surface area contributed by atoms with E-state index in [0.29, 0.717) is 5.57 Å². The van der Waals surface area contributed by atoms with Crippen molar-refractivity contribution in [3.8, 4) is 0 Å². The average Bonchev–Trinajstić information content (AvgIpc) is 3.00. The van der Waals surface area contributed by atoms with E-state index in [1.54, 1.807) is 30.5 Å². The SMILES string of the molecule is C=C(C)COC(=O)c1ccccc1NS(=O)(=O)c1cccs1. The van der Waals surface area contributed by atoms with Gasteiger partial charge in [0.25, 0.3) is 10.0 Å². The van der Waals surface area contributed by atoms with Crippen LogP contribution in [0.4, 0.5) is 5.69 Å². The van der Waals surface area contributed by atoms with Gasteiger partial charge >= 0.3 is 5.97 Å². The van der Waals surface area contributed by atoms with Crippen molar-refractivity contribution in [1.29, 1.82) is 0 Å². The largest absolute Gasteiger partial charge is 0.458 e. The molecule has 0 aliphatic heterocycles. The summed E-state index contributed by atoms with van der Waals surface area (Å²) >= 11 is 1.10. The number of hydrogen-bond acceptors (Lipinski definition) is 5. The third-order valence-electron chi connectivity index (χ3n) is 2.60. The third kappa shape index (κ3) is 3.96. The van der Waals surface area contributed by atoms with Gasteiger partial charge in [0.15, 0.2) is 0 Å². The van der Waals surface area contributed by atoms with Gasteiger partial charge in [0, 0.05) is 0 Å². The summed E-state index contributed by atoms with van der Waals surface area (Å²) in [7, 11) is -3.71. The molecule has 0 unspecified atom stereocenters. The Morgan fingerprint density at radius 2 is 2.00 bits per heavy atom. The molecule has 2 aromatic rings. The second-order valence-corrected chi connectivity index (χ2v) is 7.47. The highest BCUT2D eigenvalue weighted by atomic mass is 32.2. The van der Waals surface area contributed by atoms with Gasteiger partial charge < -0.3 is 4.74 Å². The summed E-state index contributed by atoms with van der Waals surface area (Å²) in [5.74, 6) is -0.604. The number of esters is 1. The Hall–Kier alpha value is -2.12. The number of anilines is 1. The molecule has 2 rings (SSSR count). The van der Waals surface area contributed by atoms with E-state index >= 15 is 0 Å². The monoisotopic (exact) mass is 337 g/mol. The number of rotatable bonds is 6. The van der Waals surface area contributed by atoms with E-state index in [0.717, 1.165) is 11.3 Å². The van der Waals surface area contributed by atoms with Gasteiger partial charge in [0.05, 0.1) is 11.3 Å². The van der Waals surface area contributed by atoms with Crippen LogP contribution in [-0.2, 0) is 14.8 Å². The average molecular weight is 337 g/mol. The summed E-state index contributed by atoms with van der Waals surface area (Å²) in [4.78, 5) is 12.0. The van der Waals surface area contributed by atoms with Crippen molar-refractivity contribution < 1.29 is 17.9 Å². The molecule has 0 bridgehead atoms. The molecule has 1 aromatic carbocycles. The first-order chi connectivity index (χ1) is 10.4. The van der Waals surface area contributed by atoms with Gasteiger partial charge in [-0.3, -0.25) is 4.72 Å². The summed E-state index contributed by atoms with van der Waals surface area (Å²) in [6.45, 7) is 5.47. The molecule has 0 fully saturated rings. The summed E-state index contributed by atoms with van der Waals surface area (Å²) < 4.78 is 32.1. The quantitative estimate of drug-likeness (QED) is 0.648. The molecule has 22 heavy (non-hydrogen) atoms. The summed E-state index contributed by atoms with van der Waals surface area (Å²) in [5, 5.41) is 1.67. The lowest BCUT2D eigenvalue weighted by molar-refractivity contribution is 0.0541. The van der Waals surface area contributed by atoms with E-state index in [-0.39, 0.29) is 22.1 Å². The molecule has 116 valence electrons. The van der Waals surface area contributed by atoms with Gasteiger partial charge in [0.1, 0.15) is 10.8 Å². The lowest BCUT2D eigenvalue weighted by Crippen LogP contribution is -2.16. The van der Waals surface area contributed by atoms with E-state index in [2.05, 4.69) is 11.3 Å². The zero-order valence-electron chi connectivity index (χ0n) is 11.9. The zero-order chi connectivity index (χ0) is 16.2. The fraction of sp³-hybridized carbons (Fsp3) is 0.133. The zero-order valence-corrected chi connectivity index (χ0v) is 13.5. The van der Waals surface area contributed by atoms with Crippen LogP contribution in [0, 0.1) is 0 Å². The second kappa shape index (κ2) is 6.76. The summed E-state index contributed by atoms with van der Waals surface area (Å²) in [6.07, 6.45) is 0. The van der Waals surface area contributed by atoms with E-state index in [9.17, 15) is 13.2 Å². The summed E-state index contributed by atoms with van der Waals surface area (Å²) in [5.41, 5.74) is 1.04. The Balaban J connectivity index is 2.25. The van der Waals surface area contributed by atoms with Crippen LogP contribution < -0.4 is 4.72 Å². The van der Waals surface area contributed by atoms with E-state index < -0.39 is 16.0 Å². The maximum atomic E-state index is 12.2. The Morgan fingerprint density at radius 1 is 1.27 bits per heavy atom. The van der Waals surface area contributed by atoms with Crippen LogP contribution in [0.3, 0.4) is 0 Å². The van der Waals surface area contributed by atoms with Crippen LogP contribution in [0.1, 0.15) is 17.3 Å². The lowest BCUT2D eigenvalue weighted by Gasteiger charge is -2.11. The number of sulfonamides is 1. The van der Waals surface area contributed by atoms with Gasteiger partial charge in [0.2, 0.25) is 0 Å². The van der Waals surface area contributed by atoms with Crippen LogP contribution in [0.5, 0.6) is 0 Å². The number of para-hydroxylation sites is 1. The molecule has 1 aromatic heterocycles. The number of hydrogen-bond donors (Lipinski definition) is 1. The first-order valence-corrected chi connectivity index (χ1v) is 8.73. The molecule has 0 saturated heterocycles. The molecule has 0 atom stereocenters. The van der Waals surface area contributed by atoms with Crippen molar-refractivity contribution in [3.63, 3.8) is 0 Å². The Bertz CT molecular complexity index is 780. The number of benzene rings is 1. The summed E-state index contributed by atoms with van der Waals surface area (Å²) in [6, 6.07) is 9.44. The molecule has 0 aliphatic rings. The minimum absolute atomic E-state index is 0.0881. The van der Waals surface area contributed by atoms with Gasteiger partial charge in [-0.05, 0) is 36.1 Å². The fourth-order valence-electron chi connectivity index (χ4n) is 1.63. The van der Waals surface area contributed by atoms with E-state index in [1.807, 2.05) is 0 Å². The third-order valence-corrected chi connectivity index (χ3v) is 5.36. The smallest absolute Gasteiger partial charge is 0.340 e. The Labute approximate surface area is 133 Å². The molecule has 5 nitrogen and oxygen atoms in total. The predicted octanol–water partition coefficient (Wildman–Crippen LogP) is 3.28. The first kappa shape index (κ1) is 16.3. The molecule has 0 saturated carbocycles. The van der Waals surface area contributed by atoms with Crippen LogP contribution in [-0.4, -0.2) is 21.0 Å². The van der Waals surface area contributed by atoms with Crippen molar-refractivity contribution in [2.24, 2.45) is 0 Å². The first-order valence-electron chi connectivity index (χ1n) is 6.37. The standard InChI is InChI=1S/C15H15NO4S2/c1-11(2)10-20-15(17)12-6-3-4-7-13(12)16-22(18,19)14-8-5-9-21-14/h3-9,16H,1,10H2,2H3. The number of ether oxygens (including phenoxy) is 1. The van der Waals surface area contributed by atoms with Crippen molar-refractivity contribution >= 4 is 33.0 Å². The molecule has 1 heterocycles. The molecule has 0 amide bonds. The minimum Gasteiger partial charge on any atom is -0.458 e. The molecule has 0 radical (unpaired) electrons. The fourth-order valence-corrected chi connectivity index (χ4v) is 3.70. The Morgan fingerprint density at radius 3 is 2.64 bits per heavy atom. The Kier molecular flexibility index (Phi) is 4.99. The number of nitrogens with one attached hydrogen (secondary N) is 1. The van der Waals surface area contributed by atoms with Gasteiger partial charge in [-0.15, -0.1) is 11.3 Å². The molecular formula is C15H15NO4S2. The molecule has 7 heteroatoms. The number of thiophene rings is 1. The molecule has 0 aliphatic carbocycles. The lowest BCUT2D eigenvalue weighted by atomic mass is 10.2. The highest BCUT2D eigenvalue weighted by molar-refractivity contribution is 7.94. The van der Waals surface area contributed by atoms with Crippen LogP contribution in [0.25, 0.3) is 0 Å². The van der Waals surface area contributed by atoms with Crippen molar-refractivity contribution in [1.82, 2.24) is 0 Å². The van der Waals surface area contributed by atoms with Gasteiger partial charge in [-0.1, -0.05) is 24.8 Å². The van der Waals surface area contributed by atoms with Gasteiger partial charge in [-0.25, -0.2) is 13.2 Å². The topological polar surface area (TPSA) is 72.5 Å². The van der Waals surface area contributed by atoms with Crippen LogP contribution >= 0.6 is 11.3 Å². The number of carbonyl (C=O) groups excluding carboxylic acids is 1. The minimum atomic E-state index is -3.71. The normalized spacial score (nSPS) is 11.0. The highest BCUT2D eigenvalue weighted by Crippen LogP contribution is 2.23. The van der Waals surface area contributed by atoms with Crippen molar-refractivity contribution in [3.05, 3.63) is 59.5 Å². The maximum absolute atomic E-state index is 12.2. The van der Waals surface area contributed by atoms with Gasteiger partial charge in [-0.2, -0.15) is 0 Å². The van der Waals surface area contributed by atoms with Crippen LogP contribution in [0.15, 0.2) is 58.1 Å². The van der Waals surface area contributed by atoms with Crippen LogP contribution in [0.2, 0.25) is 0 Å². The number of carbonyl (C=O) groups is 1. The van der Waals surface area contributed by atoms with Crippen molar-refractivity contribution in [2.75, 3.05) is 11.3 Å². The van der Waals surface area contributed by atoms with Crippen molar-refractivity contribution in [2.45, 2.75) is 11.1 Å². The molecular weight excluding hydrogens is 322 g/mol. The second-order valence-electron chi connectivity index (χ2n) is 4.62. The highest BCUT2D eigenvalue weighted by Gasteiger charge is 2.19. The molecule has 0 spiro atoms. The van der Waals surface area contributed by atoms with E-state index in [4.69, 9.17) is 4.74 Å². The maximum Gasteiger partial charge on any atom is 0.340 e. The van der Waals surface area contributed by atoms with E-state index in [1.165, 1.54) is 18.2 Å².